The minimum absolute atomic E-state index is 0.0491. The third kappa shape index (κ3) is 3.48. The van der Waals surface area contributed by atoms with Crippen molar-refractivity contribution in [1.29, 1.82) is 0 Å². The van der Waals surface area contributed by atoms with Gasteiger partial charge in [-0.15, -0.1) is 0 Å². The van der Waals surface area contributed by atoms with Gasteiger partial charge in [0, 0.05) is 10.7 Å². The molecule has 0 saturated carbocycles. The molecule has 2 rings (SSSR count). The lowest BCUT2D eigenvalue weighted by molar-refractivity contribution is 0.600. The Morgan fingerprint density at radius 3 is 2.57 bits per heavy atom. The fraction of sp³-hybridized carbons (Fsp3) is 0.154. The SMILES string of the molecule is Cc1cc(NS(=O)(=O)c2cc(Cl)cc(N)c2C)cnc1Br. The number of benzene rings is 1. The summed E-state index contributed by atoms with van der Waals surface area (Å²) in [6.07, 6.45) is 1.43. The summed E-state index contributed by atoms with van der Waals surface area (Å²) in [5, 5.41) is 0.267. The molecule has 0 radical (unpaired) electrons. The van der Waals surface area contributed by atoms with Crippen LogP contribution in [-0.2, 0) is 10.0 Å². The number of aromatic nitrogens is 1. The molecule has 0 fully saturated rings. The highest BCUT2D eigenvalue weighted by Crippen LogP contribution is 2.28. The van der Waals surface area contributed by atoms with Crippen molar-refractivity contribution in [2.75, 3.05) is 10.5 Å². The molecule has 0 unspecified atom stereocenters. The number of rotatable bonds is 3. The Bertz CT molecular complexity index is 809. The fourth-order valence-corrected chi connectivity index (χ4v) is 3.62. The summed E-state index contributed by atoms with van der Waals surface area (Å²) in [6.45, 7) is 3.45. The number of halogens is 2. The van der Waals surface area contributed by atoms with Crippen molar-refractivity contribution in [3.63, 3.8) is 0 Å². The van der Waals surface area contributed by atoms with Crippen molar-refractivity contribution in [2.45, 2.75) is 18.7 Å². The van der Waals surface area contributed by atoms with E-state index in [0.717, 1.165) is 5.56 Å². The molecule has 0 aliphatic heterocycles. The van der Waals surface area contributed by atoms with Gasteiger partial charge in [-0.05, 0) is 59.1 Å². The van der Waals surface area contributed by atoms with Crippen molar-refractivity contribution >= 4 is 48.9 Å². The molecule has 0 spiro atoms. The Balaban J connectivity index is 2.45. The largest absolute Gasteiger partial charge is 0.398 e. The van der Waals surface area contributed by atoms with E-state index in [2.05, 4.69) is 25.6 Å². The summed E-state index contributed by atoms with van der Waals surface area (Å²) in [4.78, 5) is 4.10. The normalized spacial score (nSPS) is 11.4. The lowest BCUT2D eigenvalue weighted by Crippen LogP contribution is -2.15. The van der Waals surface area contributed by atoms with Crippen LogP contribution in [0.5, 0.6) is 0 Å². The zero-order chi connectivity index (χ0) is 15.8. The molecule has 0 aliphatic carbocycles. The van der Waals surface area contributed by atoms with Gasteiger partial charge < -0.3 is 5.73 Å². The van der Waals surface area contributed by atoms with Crippen LogP contribution in [0, 0.1) is 13.8 Å². The van der Waals surface area contributed by atoms with Gasteiger partial charge in [0.15, 0.2) is 0 Å². The lowest BCUT2D eigenvalue weighted by Gasteiger charge is -2.13. The smallest absolute Gasteiger partial charge is 0.262 e. The third-order valence-electron chi connectivity index (χ3n) is 2.92. The summed E-state index contributed by atoms with van der Waals surface area (Å²) in [7, 11) is -3.79. The molecular formula is C13H13BrClN3O2S. The van der Waals surface area contributed by atoms with Crippen LogP contribution in [0.25, 0.3) is 0 Å². The summed E-state index contributed by atoms with van der Waals surface area (Å²) < 4.78 is 28.0. The molecule has 1 heterocycles. The molecule has 8 heteroatoms. The van der Waals surface area contributed by atoms with Crippen LogP contribution in [0.4, 0.5) is 11.4 Å². The van der Waals surface area contributed by atoms with E-state index in [1.54, 1.807) is 13.0 Å². The number of pyridine rings is 1. The maximum Gasteiger partial charge on any atom is 0.262 e. The van der Waals surface area contributed by atoms with Gasteiger partial charge in [0.1, 0.15) is 4.60 Å². The minimum atomic E-state index is -3.79. The van der Waals surface area contributed by atoms with Crippen molar-refractivity contribution in [2.24, 2.45) is 0 Å². The molecule has 3 N–H and O–H groups in total. The van der Waals surface area contributed by atoms with E-state index in [0.29, 0.717) is 21.5 Å². The van der Waals surface area contributed by atoms with Crippen LogP contribution in [-0.4, -0.2) is 13.4 Å². The quantitative estimate of drug-likeness (QED) is 0.620. The van der Waals surface area contributed by atoms with Crippen molar-refractivity contribution in [3.05, 3.63) is 45.1 Å². The van der Waals surface area contributed by atoms with Gasteiger partial charge in [-0.3, -0.25) is 4.72 Å². The molecule has 0 amide bonds. The van der Waals surface area contributed by atoms with Gasteiger partial charge in [-0.2, -0.15) is 0 Å². The maximum absolute atomic E-state index is 12.5. The third-order valence-corrected chi connectivity index (χ3v) is 5.48. The van der Waals surface area contributed by atoms with Crippen LogP contribution in [0.15, 0.2) is 33.9 Å². The topological polar surface area (TPSA) is 85.1 Å². The number of hydrogen-bond acceptors (Lipinski definition) is 4. The fourth-order valence-electron chi connectivity index (χ4n) is 1.78. The zero-order valence-corrected chi connectivity index (χ0v) is 14.5. The van der Waals surface area contributed by atoms with Crippen LogP contribution in [0.3, 0.4) is 0 Å². The van der Waals surface area contributed by atoms with Crippen LogP contribution >= 0.6 is 27.5 Å². The Morgan fingerprint density at radius 1 is 1.29 bits per heavy atom. The lowest BCUT2D eigenvalue weighted by atomic mass is 10.2. The highest BCUT2D eigenvalue weighted by atomic mass is 79.9. The predicted molar refractivity (Wildman–Crippen MR) is 88.1 cm³/mol. The average Bonchev–Trinajstić information content (AvgIpc) is 2.37. The number of nitrogens with zero attached hydrogens (tertiary/aromatic N) is 1. The standard InChI is InChI=1S/C13H13BrClN3O2S/c1-7-3-10(6-17-13(7)14)18-21(19,20)12-5-9(15)4-11(16)8(12)2/h3-6,18H,16H2,1-2H3. The molecule has 21 heavy (non-hydrogen) atoms. The van der Waals surface area contributed by atoms with Gasteiger partial charge in [0.05, 0.1) is 16.8 Å². The van der Waals surface area contributed by atoms with Gasteiger partial charge in [0.2, 0.25) is 0 Å². The Morgan fingerprint density at radius 2 is 1.95 bits per heavy atom. The summed E-state index contributed by atoms with van der Waals surface area (Å²) >= 11 is 9.15. The second kappa shape index (κ2) is 5.82. The predicted octanol–water partition coefficient (Wildman–Crippen LogP) is 3.50. The number of anilines is 2. The number of aryl methyl sites for hydroxylation is 1. The van der Waals surface area contributed by atoms with E-state index >= 15 is 0 Å². The summed E-state index contributed by atoms with van der Waals surface area (Å²) in [6, 6.07) is 4.56. The summed E-state index contributed by atoms with van der Waals surface area (Å²) in [5.41, 5.74) is 7.73. The molecule has 0 saturated heterocycles. The highest BCUT2D eigenvalue weighted by molar-refractivity contribution is 9.10. The van der Waals surface area contributed by atoms with E-state index in [4.69, 9.17) is 17.3 Å². The zero-order valence-electron chi connectivity index (χ0n) is 11.3. The van der Waals surface area contributed by atoms with Crippen LogP contribution < -0.4 is 10.5 Å². The van der Waals surface area contributed by atoms with E-state index in [-0.39, 0.29) is 9.92 Å². The maximum atomic E-state index is 12.5. The Labute approximate surface area is 136 Å². The second-order valence-corrected chi connectivity index (χ2v) is 7.39. The number of hydrogen-bond donors (Lipinski definition) is 2. The molecular weight excluding hydrogens is 378 g/mol. The van der Waals surface area contributed by atoms with E-state index < -0.39 is 10.0 Å². The molecule has 0 bridgehead atoms. The number of nitrogens with one attached hydrogen (secondary N) is 1. The monoisotopic (exact) mass is 389 g/mol. The van der Waals surface area contributed by atoms with Crippen molar-refractivity contribution in [1.82, 2.24) is 4.98 Å². The summed E-state index contributed by atoms with van der Waals surface area (Å²) in [5.74, 6) is 0. The second-order valence-electron chi connectivity index (χ2n) is 4.56. The van der Waals surface area contributed by atoms with Crippen molar-refractivity contribution < 1.29 is 8.42 Å². The van der Waals surface area contributed by atoms with E-state index in [1.807, 2.05) is 6.92 Å². The minimum Gasteiger partial charge on any atom is -0.398 e. The van der Waals surface area contributed by atoms with Gasteiger partial charge in [-0.1, -0.05) is 11.6 Å². The molecule has 0 atom stereocenters. The molecule has 0 aliphatic rings. The van der Waals surface area contributed by atoms with Gasteiger partial charge in [0.25, 0.3) is 10.0 Å². The van der Waals surface area contributed by atoms with E-state index in [1.165, 1.54) is 18.3 Å². The number of sulfonamides is 1. The average molecular weight is 391 g/mol. The highest BCUT2D eigenvalue weighted by Gasteiger charge is 2.19. The number of nitrogen functional groups attached to an aromatic ring is 1. The van der Waals surface area contributed by atoms with Crippen LogP contribution in [0.1, 0.15) is 11.1 Å². The first-order valence-electron chi connectivity index (χ1n) is 5.91. The first kappa shape index (κ1) is 16.1. The van der Waals surface area contributed by atoms with Crippen LogP contribution in [0.2, 0.25) is 5.02 Å². The molecule has 1 aromatic heterocycles. The Kier molecular flexibility index (Phi) is 4.46. The van der Waals surface area contributed by atoms with Gasteiger partial charge in [-0.25, -0.2) is 13.4 Å². The first-order valence-corrected chi connectivity index (χ1v) is 8.56. The number of nitrogens with two attached hydrogens (primary N) is 1. The molecule has 2 aromatic rings. The molecule has 5 nitrogen and oxygen atoms in total. The van der Waals surface area contributed by atoms with E-state index in [9.17, 15) is 8.42 Å². The molecule has 112 valence electrons. The van der Waals surface area contributed by atoms with Gasteiger partial charge >= 0.3 is 0 Å². The first-order chi connectivity index (χ1) is 9.70. The molecule has 1 aromatic carbocycles. The van der Waals surface area contributed by atoms with Crippen molar-refractivity contribution in [3.8, 4) is 0 Å². The Hall–Kier alpha value is -1.31.